The Morgan fingerprint density at radius 3 is 2.73 bits per heavy atom. The zero-order chi connectivity index (χ0) is 10.8. The molecule has 1 saturated carbocycles. The van der Waals surface area contributed by atoms with Crippen LogP contribution in [0, 0.1) is 0 Å². The van der Waals surface area contributed by atoms with Crippen LogP contribution in [-0.2, 0) is 14.3 Å². The van der Waals surface area contributed by atoms with E-state index in [1.54, 1.807) is 4.90 Å². The van der Waals surface area contributed by atoms with E-state index in [-0.39, 0.29) is 12.1 Å². The fourth-order valence-electron chi connectivity index (χ4n) is 1.65. The van der Waals surface area contributed by atoms with Crippen molar-refractivity contribution in [3.63, 3.8) is 0 Å². The number of rotatable bonds is 1. The average Bonchev–Trinajstić information content (AvgIpc) is 3.01. The molecule has 5 heteroatoms. The molecule has 2 rings (SSSR count). The summed E-state index contributed by atoms with van der Waals surface area (Å²) >= 11 is 0. The second-order valence-corrected chi connectivity index (χ2v) is 4.16. The second kappa shape index (κ2) is 4.18. The first-order chi connectivity index (χ1) is 7.18. The number of ether oxygens (including phenoxy) is 1. The molecule has 2 aliphatic rings. The number of nitrogens with zero attached hydrogens (tertiary/aromatic N) is 1. The van der Waals surface area contributed by atoms with Gasteiger partial charge in [-0.2, -0.15) is 0 Å². The van der Waals surface area contributed by atoms with Gasteiger partial charge in [-0.25, -0.2) is 4.79 Å². The smallest absolute Gasteiger partial charge is 0.397 e. The molecule has 1 saturated heterocycles. The molecule has 1 heterocycles. The molecule has 0 aromatic carbocycles. The molecule has 84 valence electrons. The predicted octanol–water partition coefficient (Wildman–Crippen LogP) is -0.488. The first-order valence-electron chi connectivity index (χ1n) is 5.41. The number of esters is 1. The van der Waals surface area contributed by atoms with E-state index in [9.17, 15) is 9.59 Å². The quantitative estimate of drug-likeness (QED) is 0.471. The van der Waals surface area contributed by atoms with Crippen LogP contribution >= 0.6 is 0 Å². The minimum atomic E-state index is -0.689. The summed E-state index contributed by atoms with van der Waals surface area (Å²) in [6, 6.07) is 0.0676. The van der Waals surface area contributed by atoms with E-state index < -0.39 is 11.9 Å². The SMILES string of the molecule is CC1CNCCN1C(=O)C(=O)OC1CC1. The Labute approximate surface area is 88.8 Å². The van der Waals surface area contributed by atoms with Gasteiger partial charge in [0, 0.05) is 25.7 Å². The summed E-state index contributed by atoms with van der Waals surface area (Å²) in [7, 11) is 0. The molecule has 0 aromatic rings. The Balaban J connectivity index is 1.89. The summed E-state index contributed by atoms with van der Waals surface area (Å²) in [5.41, 5.74) is 0. The monoisotopic (exact) mass is 212 g/mol. The van der Waals surface area contributed by atoms with Gasteiger partial charge in [0.05, 0.1) is 0 Å². The maximum atomic E-state index is 11.7. The van der Waals surface area contributed by atoms with E-state index >= 15 is 0 Å². The molecule has 0 bridgehead atoms. The van der Waals surface area contributed by atoms with Gasteiger partial charge in [0.25, 0.3) is 0 Å². The number of amides is 1. The van der Waals surface area contributed by atoms with Crippen molar-refractivity contribution in [2.45, 2.75) is 31.9 Å². The molecule has 1 aliphatic heterocycles. The number of nitrogens with one attached hydrogen (secondary N) is 1. The molecule has 15 heavy (non-hydrogen) atoms. The lowest BCUT2D eigenvalue weighted by Crippen LogP contribution is -2.54. The molecule has 1 unspecified atom stereocenters. The maximum absolute atomic E-state index is 11.7. The van der Waals surface area contributed by atoms with Crippen molar-refractivity contribution in [3.8, 4) is 0 Å². The van der Waals surface area contributed by atoms with Crippen LogP contribution in [0.2, 0.25) is 0 Å². The highest BCUT2D eigenvalue weighted by Crippen LogP contribution is 2.23. The summed E-state index contributed by atoms with van der Waals surface area (Å²) in [5, 5.41) is 3.17. The van der Waals surface area contributed by atoms with Gasteiger partial charge in [0.15, 0.2) is 0 Å². The van der Waals surface area contributed by atoms with Crippen molar-refractivity contribution in [2.24, 2.45) is 0 Å². The van der Waals surface area contributed by atoms with Gasteiger partial charge >= 0.3 is 11.9 Å². The summed E-state index contributed by atoms with van der Waals surface area (Å²) in [4.78, 5) is 24.7. The maximum Gasteiger partial charge on any atom is 0.397 e. The van der Waals surface area contributed by atoms with Crippen molar-refractivity contribution < 1.29 is 14.3 Å². The van der Waals surface area contributed by atoms with Crippen molar-refractivity contribution in [1.82, 2.24) is 10.2 Å². The number of hydrogen-bond acceptors (Lipinski definition) is 4. The van der Waals surface area contributed by atoms with Gasteiger partial charge in [0.1, 0.15) is 6.10 Å². The Hall–Kier alpha value is -1.10. The van der Waals surface area contributed by atoms with Crippen LogP contribution in [0.4, 0.5) is 0 Å². The number of hydrogen-bond donors (Lipinski definition) is 1. The molecule has 1 aliphatic carbocycles. The lowest BCUT2D eigenvalue weighted by Gasteiger charge is -2.32. The van der Waals surface area contributed by atoms with E-state index in [4.69, 9.17) is 4.74 Å². The zero-order valence-corrected chi connectivity index (χ0v) is 8.86. The Kier molecular flexibility index (Phi) is 2.90. The molecule has 1 N–H and O–H groups in total. The Morgan fingerprint density at radius 1 is 1.40 bits per heavy atom. The van der Waals surface area contributed by atoms with Crippen molar-refractivity contribution in [3.05, 3.63) is 0 Å². The summed E-state index contributed by atoms with van der Waals surface area (Å²) < 4.78 is 4.97. The normalized spacial score (nSPS) is 26.2. The number of piperazine rings is 1. The fourth-order valence-corrected chi connectivity index (χ4v) is 1.65. The van der Waals surface area contributed by atoms with E-state index in [1.807, 2.05) is 6.92 Å². The van der Waals surface area contributed by atoms with E-state index in [2.05, 4.69) is 5.32 Å². The van der Waals surface area contributed by atoms with E-state index in [1.165, 1.54) is 0 Å². The largest absolute Gasteiger partial charge is 0.455 e. The first-order valence-corrected chi connectivity index (χ1v) is 5.41. The molecule has 0 radical (unpaired) electrons. The standard InChI is InChI=1S/C10H16N2O3/c1-7-6-11-4-5-12(7)9(13)10(14)15-8-2-3-8/h7-8,11H,2-6H2,1H3. The summed E-state index contributed by atoms with van der Waals surface area (Å²) in [6.45, 7) is 3.99. The van der Waals surface area contributed by atoms with E-state index in [0.29, 0.717) is 6.54 Å². The fraction of sp³-hybridized carbons (Fsp3) is 0.800. The molecule has 1 amide bonds. The highest BCUT2D eigenvalue weighted by molar-refractivity contribution is 6.32. The van der Waals surface area contributed by atoms with Gasteiger partial charge in [-0.15, -0.1) is 0 Å². The minimum Gasteiger partial charge on any atom is -0.455 e. The van der Waals surface area contributed by atoms with Crippen LogP contribution in [0.3, 0.4) is 0 Å². The highest BCUT2D eigenvalue weighted by atomic mass is 16.6. The Morgan fingerprint density at radius 2 is 2.13 bits per heavy atom. The molecule has 5 nitrogen and oxygen atoms in total. The number of carbonyl (C=O) groups is 2. The van der Waals surface area contributed by atoms with Crippen LogP contribution in [0.15, 0.2) is 0 Å². The van der Waals surface area contributed by atoms with Crippen LogP contribution in [0.1, 0.15) is 19.8 Å². The molecule has 1 atom stereocenters. The van der Waals surface area contributed by atoms with Gasteiger partial charge in [-0.05, 0) is 19.8 Å². The van der Waals surface area contributed by atoms with E-state index in [0.717, 1.165) is 25.9 Å². The summed E-state index contributed by atoms with van der Waals surface area (Å²) in [6.07, 6.45) is 1.80. The first kappa shape index (κ1) is 10.4. The van der Waals surface area contributed by atoms with Crippen molar-refractivity contribution >= 4 is 11.9 Å². The third-order valence-electron chi connectivity index (χ3n) is 2.73. The van der Waals surface area contributed by atoms with Gasteiger partial charge in [-0.1, -0.05) is 0 Å². The Bertz CT molecular complexity index is 276. The van der Waals surface area contributed by atoms with Gasteiger partial charge < -0.3 is 15.0 Å². The molecule has 0 aromatic heterocycles. The van der Waals surface area contributed by atoms with Crippen LogP contribution in [0.25, 0.3) is 0 Å². The summed E-state index contributed by atoms with van der Waals surface area (Å²) in [5.74, 6) is -1.18. The second-order valence-electron chi connectivity index (χ2n) is 4.16. The zero-order valence-electron chi connectivity index (χ0n) is 8.86. The third-order valence-corrected chi connectivity index (χ3v) is 2.73. The highest BCUT2D eigenvalue weighted by Gasteiger charge is 2.33. The van der Waals surface area contributed by atoms with Gasteiger partial charge in [0.2, 0.25) is 0 Å². The molecule has 0 spiro atoms. The average molecular weight is 212 g/mol. The topological polar surface area (TPSA) is 58.6 Å². The van der Waals surface area contributed by atoms with Crippen molar-refractivity contribution in [2.75, 3.05) is 19.6 Å². The lowest BCUT2D eigenvalue weighted by molar-refractivity contribution is -0.162. The predicted molar refractivity (Wildman–Crippen MR) is 53.2 cm³/mol. The van der Waals surface area contributed by atoms with Crippen LogP contribution < -0.4 is 5.32 Å². The molecule has 2 fully saturated rings. The lowest BCUT2D eigenvalue weighted by atomic mass is 10.2. The number of carbonyl (C=O) groups excluding carboxylic acids is 2. The van der Waals surface area contributed by atoms with Gasteiger partial charge in [-0.3, -0.25) is 4.79 Å². The van der Waals surface area contributed by atoms with Crippen molar-refractivity contribution in [1.29, 1.82) is 0 Å². The van der Waals surface area contributed by atoms with Crippen LogP contribution in [-0.4, -0.2) is 48.6 Å². The minimum absolute atomic E-state index is 0.000304. The van der Waals surface area contributed by atoms with Crippen LogP contribution in [0.5, 0.6) is 0 Å². The molecular formula is C10H16N2O3. The third kappa shape index (κ3) is 2.47. The molecular weight excluding hydrogens is 196 g/mol.